The summed E-state index contributed by atoms with van der Waals surface area (Å²) >= 11 is 0. The summed E-state index contributed by atoms with van der Waals surface area (Å²) in [5.74, 6) is 0. The van der Waals surface area contributed by atoms with Crippen LogP contribution in [0.25, 0.3) is 0 Å². The Balaban J connectivity index is 2.59. The second-order valence-corrected chi connectivity index (χ2v) is 5.88. The number of aromatic nitrogens is 1. The number of hydrogen-bond acceptors (Lipinski definition) is 6. The maximum atomic E-state index is 11.5. The number of aliphatic hydroxyl groups is 2. The fourth-order valence-electron chi connectivity index (χ4n) is 1.65. The summed E-state index contributed by atoms with van der Waals surface area (Å²) in [5.41, 5.74) is 6.45. The van der Waals surface area contributed by atoms with E-state index >= 15 is 0 Å². The number of rotatable bonds is 4. The number of amides is 1. The largest absolute Gasteiger partial charge is 0.444 e. The molecule has 0 aliphatic heterocycles. The van der Waals surface area contributed by atoms with E-state index in [9.17, 15) is 15.0 Å². The maximum Gasteiger partial charge on any atom is 0.407 e. The highest BCUT2D eigenvalue weighted by atomic mass is 16.6. The fourth-order valence-corrected chi connectivity index (χ4v) is 1.65. The van der Waals surface area contributed by atoms with Crippen LogP contribution < -0.4 is 11.1 Å². The number of ether oxygens (including phenoxy) is 1. The number of anilines is 1. The second-order valence-electron chi connectivity index (χ2n) is 5.88. The molecule has 2 unspecified atom stereocenters. The first kappa shape index (κ1) is 17.2. The molecule has 0 fully saturated rings. The van der Waals surface area contributed by atoms with Crippen molar-refractivity contribution in [2.75, 3.05) is 12.3 Å². The van der Waals surface area contributed by atoms with Gasteiger partial charge in [0.05, 0.1) is 11.4 Å². The van der Waals surface area contributed by atoms with E-state index in [1.54, 1.807) is 33.0 Å². The zero-order valence-corrected chi connectivity index (χ0v) is 12.8. The predicted octanol–water partition coefficient (Wildman–Crippen LogP) is 0.891. The highest BCUT2D eigenvalue weighted by Crippen LogP contribution is 2.21. The minimum absolute atomic E-state index is 0.176. The van der Waals surface area contributed by atoms with Gasteiger partial charge < -0.3 is 26.0 Å². The quantitative estimate of drug-likeness (QED) is 0.655. The number of hydrogen-bond donors (Lipinski definition) is 4. The minimum atomic E-state index is -1.29. The number of aryl methyl sites for hydroxylation is 1. The number of carbonyl (C=O) groups is 1. The van der Waals surface area contributed by atoms with Crippen molar-refractivity contribution in [3.05, 3.63) is 23.5 Å². The number of aliphatic hydroxyl groups excluding tert-OH is 2. The van der Waals surface area contributed by atoms with Crippen molar-refractivity contribution >= 4 is 11.8 Å². The van der Waals surface area contributed by atoms with Crippen LogP contribution in [0.15, 0.2) is 12.3 Å². The monoisotopic (exact) mass is 297 g/mol. The normalized spacial score (nSPS) is 14.4. The average molecular weight is 297 g/mol. The zero-order valence-electron chi connectivity index (χ0n) is 12.8. The van der Waals surface area contributed by atoms with Crippen molar-refractivity contribution in [3.8, 4) is 0 Å². The molecule has 7 heteroatoms. The van der Waals surface area contributed by atoms with E-state index in [0.717, 1.165) is 5.56 Å². The molecule has 5 N–H and O–H groups in total. The highest BCUT2D eigenvalue weighted by Gasteiger charge is 2.23. The van der Waals surface area contributed by atoms with Crippen LogP contribution >= 0.6 is 0 Å². The standard InChI is InChI=1S/C14H23N3O4/c1-8-5-9(15)11(16-6-8)12(19)10(18)7-17-13(20)21-14(2,3)4/h5-6,10,12,18-19H,7,15H2,1-4H3,(H,17,20). The molecule has 0 aliphatic rings. The lowest BCUT2D eigenvalue weighted by Gasteiger charge is -2.22. The van der Waals surface area contributed by atoms with Gasteiger partial charge in [0, 0.05) is 12.7 Å². The lowest BCUT2D eigenvalue weighted by atomic mass is 10.1. The SMILES string of the molecule is Cc1cnc(C(O)C(O)CNC(=O)OC(C)(C)C)c(N)c1. The van der Waals surface area contributed by atoms with E-state index in [4.69, 9.17) is 10.5 Å². The summed E-state index contributed by atoms with van der Waals surface area (Å²) < 4.78 is 5.03. The highest BCUT2D eigenvalue weighted by molar-refractivity contribution is 5.67. The van der Waals surface area contributed by atoms with E-state index in [1.807, 2.05) is 6.92 Å². The third kappa shape index (κ3) is 5.57. The van der Waals surface area contributed by atoms with Gasteiger partial charge in [-0.15, -0.1) is 0 Å². The van der Waals surface area contributed by atoms with Gasteiger partial charge in [0.1, 0.15) is 17.8 Å². The molecule has 7 nitrogen and oxygen atoms in total. The van der Waals surface area contributed by atoms with E-state index in [-0.39, 0.29) is 12.2 Å². The Morgan fingerprint density at radius 1 is 1.48 bits per heavy atom. The first-order valence-corrected chi connectivity index (χ1v) is 6.65. The van der Waals surface area contributed by atoms with Crippen molar-refractivity contribution in [1.29, 1.82) is 0 Å². The Bertz CT molecular complexity index is 499. The van der Waals surface area contributed by atoms with Crippen molar-refractivity contribution in [1.82, 2.24) is 10.3 Å². The number of nitrogens with one attached hydrogen (secondary N) is 1. The molecule has 118 valence electrons. The van der Waals surface area contributed by atoms with Gasteiger partial charge in [-0.3, -0.25) is 4.98 Å². The molecule has 0 aliphatic carbocycles. The minimum Gasteiger partial charge on any atom is -0.444 e. The Kier molecular flexibility index (Phi) is 5.51. The zero-order chi connectivity index (χ0) is 16.2. The van der Waals surface area contributed by atoms with E-state index < -0.39 is 23.9 Å². The van der Waals surface area contributed by atoms with E-state index in [0.29, 0.717) is 5.69 Å². The summed E-state index contributed by atoms with van der Waals surface area (Å²) in [6, 6.07) is 1.65. The lowest BCUT2D eigenvalue weighted by Crippen LogP contribution is -2.39. The van der Waals surface area contributed by atoms with Gasteiger partial charge >= 0.3 is 6.09 Å². The molecule has 0 aromatic carbocycles. The van der Waals surface area contributed by atoms with Gasteiger partial charge in [-0.25, -0.2) is 4.79 Å². The Hall–Kier alpha value is -1.86. The molecule has 0 radical (unpaired) electrons. The van der Waals surface area contributed by atoms with Crippen LogP contribution in [0.4, 0.5) is 10.5 Å². The average Bonchev–Trinajstić information content (AvgIpc) is 2.33. The van der Waals surface area contributed by atoms with Gasteiger partial charge in [-0.1, -0.05) is 0 Å². The second kappa shape index (κ2) is 6.73. The van der Waals surface area contributed by atoms with Crippen LogP contribution in [-0.2, 0) is 4.74 Å². The third-order valence-corrected chi connectivity index (χ3v) is 2.59. The van der Waals surface area contributed by atoms with Crippen molar-refractivity contribution in [2.45, 2.75) is 45.5 Å². The smallest absolute Gasteiger partial charge is 0.407 e. The molecule has 1 aromatic rings. The molecule has 0 saturated heterocycles. The van der Waals surface area contributed by atoms with Crippen molar-refractivity contribution < 1.29 is 19.7 Å². The van der Waals surface area contributed by atoms with Crippen LogP contribution in [0.2, 0.25) is 0 Å². The van der Waals surface area contributed by atoms with Gasteiger partial charge in [0.2, 0.25) is 0 Å². The van der Waals surface area contributed by atoms with E-state index in [1.165, 1.54) is 0 Å². The third-order valence-electron chi connectivity index (χ3n) is 2.59. The van der Waals surface area contributed by atoms with Gasteiger partial charge in [0.25, 0.3) is 0 Å². The first-order valence-electron chi connectivity index (χ1n) is 6.65. The van der Waals surface area contributed by atoms with Gasteiger partial charge in [0.15, 0.2) is 0 Å². The van der Waals surface area contributed by atoms with Crippen molar-refractivity contribution in [2.24, 2.45) is 0 Å². The summed E-state index contributed by atoms with van der Waals surface area (Å²) in [6.07, 6.45) is -1.66. The molecule has 21 heavy (non-hydrogen) atoms. The number of alkyl carbamates (subject to hydrolysis) is 1. The molecule has 1 amide bonds. The molecule has 1 rings (SSSR count). The van der Waals surface area contributed by atoms with Crippen molar-refractivity contribution in [3.63, 3.8) is 0 Å². The van der Waals surface area contributed by atoms with Crippen LogP contribution in [0, 0.1) is 6.92 Å². The molecular formula is C14H23N3O4. The Labute approximate surface area is 124 Å². The fraction of sp³-hybridized carbons (Fsp3) is 0.571. The van der Waals surface area contributed by atoms with Gasteiger partial charge in [-0.05, 0) is 39.3 Å². The molecule has 1 aromatic heterocycles. The Morgan fingerprint density at radius 3 is 2.62 bits per heavy atom. The van der Waals surface area contributed by atoms with Crippen LogP contribution in [0.5, 0.6) is 0 Å². The summed E-state index contributed by atoms with van der Waals surface area (Å²) in [7, 11) is 0. The summed E-state index contributed by atoms with van der Waals surface area (Å²) in [6.45, 7) is 6.84. The lowest BCUT2D eigenvalue weighted by molar-refractivity contribution is 0.0112. The summed E-state index contributed by atoms with van der Waals surface area (Å²) in [5, 5.41) is 22.3. The molecular weight excluding hydrogens is 274 g/mol. The van der Waals surface area contributed by atoms with Crippen LogP contribution in [0.1, 0.15) is 38.1 Å². The molecule has 0 saturated carbocycles. The topological polar surface area (TPSA) is 118 Å². The Morgan fingerprint density at radius 2 is 2.10 bits per heavy atom. The number of nitrogens with zero attached hydrogens (tertiary/aromatic N) is 1. The van der Waals surface area contributed by atoms with Crippen LogP contribution in [-0.4, -0.2) is 39.5 Å². The first-order chi connectivity index (χ1) is 9.60. The summed E-state index contributed by atoms with van der Waals surface area (Å²) in [4.78, 5) is 15.5. The van der Waals surface area contributed by atoms with Gasteiger partial charge in [-0.2, -0.15) is 0 Å². The maximum absolute atomic E-state index is 11.5. The van der Waals surface area contributed by atoms with Crippen LogP contribution in [0.3, 0.4) is 0 Å². The molecule has 1 heterocycles. The molecule has 0 bridgehead atoms. The number of nitrogen functional groups attached to an aromatic ring is 1. The number of nitrogens with two attached hydrogens (primary N) is 1. The molecule has 2 atom stereocenters. The van der Waals surface area contributed by atoms with E-state index in [2.05, 4.69) is 10.3 Å². The number of pyridine rings is 1. The predicted molar refractivity (Wildman–Crippen MR) is 78.6 cm³/mol. The number of carbonyl (C=O) groups excluding carboxylic acids is 1. The molecule has 0 spiro atoms.